The van der Waals surface area contributed by atoms with Gasteiger partial charge < -0.3 is 19.3 Å². The fourth-order valence-corrected chi connectivity index (χ4v) is 6.99. The highest BCUT2D eigenvalue weighted by atomic mass is 32.2. The number of amides is 2. The minimum atomic E-state index is 0.000485. The number of aromatic nitrogens is 3. The summed E-state index contributed by atoms with van der Waals surface area (Å²) in [6.45, 7) is 5.98. The van der Waals surface area contributed by atoms with Crippen LogP contribution in [0.5, 0.6) is 11.5 Å². The molecule has 2 heterocycles. The van der Waals surface area contributed by atoms with Gasteiger partial charge in [-0.1, -0.05) is 95.0 Å². The summed E-state index contributed by atoms with van der Waals surface area (Å²) in [5.41, 5.74) is 1.72. The molecule has 1 aromatic heterocycles. The lowest BCUT2D eigenvalue weighted by Gasteiger charge is -2.40. The third-order valence-corrected chi connectivity index (χ3v) is 9.83. The van der Waals surface area contributed by atoms with Crippen molar-refractivity contribution in [3.05, 3.63) is 48.5 Å². The molecule has 9 nitrogen and oxygen atoms in total. The van der Waals surface area contributed by atoms with Crippen molar-refractivity contribution in [3.8, 4) is 28.6 Å². The molecule has 2 aromatic carbocycles. The molecule has 0 spiro atoms. The van der Waals surface area contributed by atoms with Crippen LogP contribution in [-0.2, 0) is 9.59 Å². The molecular formula is C37H53N5O4S. The molecule has 0 bridgehead atoms. The Morgan fingerprint density at radius 3 is 2.11 bits per heavy atom. The quantitative estimate of drug-likeness (QED) is 0.0955. The molecule has 1 saturated heterocycles. The van der Waals surface area contributed by atoms with Gasteiger partial charge in [0, 0.05) is 43.3 Å². The summed E-state index contributed by atoms with van der Waals surface area (Å²) in [4.78, 5) is 30.2. The number of methoxy groups -OCH3 is 2. The average molecular weight is 664 g/mol. The lowest BCUT2D eigenvalue weighted by molar-refractivity contribution is -0.141. The van der Waals surface area contributed by atoms with E-state index in [0.717, 1.165) is 35.6 Å². The van der Waals surface area contributed by atoms with Gasteiger partial charge in [0.15, 0.2) is 11.0 Å². The number of piperazine rings is 1. The number of hydrogen-bond acceptors (Lipinski definition) is 7. The number of thioether (sulfide) groups is 1. The van der Waals surface area contributed by atoms with Crippen molar-refractivity contribution in [2.24, 2.45) is 0 Å². The largest absolute Gasteiger partial charge is 0.497 e. The number of ether oxygens (including phenoxy) is 2. The Morgan fingerprint density at radius 1 is 0.809 bits per heavy atom. The number of rotatable bonds is 19. The standard InChI is InChI=1S/C37H53N5O4S/c1-5-6-7-8-9-10-11-12-13-14-15-19-34(43)41-25-24-40(27-29(41)2)35(44)28-47-37-39-38-36(30-17-16-18-33(26-30)46-4)42(37)31-20-22-32(45-3)23-21-31/h16-18,20-23,26,29H,5-15,19,24-25,27-28H2,1-4H3. The maximum Gasteiger partial charge on any atom is 0.233 e. The molecule has 4 rings (SSSR count). The van der Waals surface area contributed by atoms with E-state index in [1.807, 2.05) is 69.8 Å². The number of unbranched alkanes of at least 4 members (excludes halogenated alkanes) is 10. The van der Waals surface area contributed by atoms with Crippen LogP contribution in [0, 0.1) is 0 Å². The lowest BCUT2D eigenvalue weighted by atomic mass is 10.0. The Bertz CT molecular complexity index is 1400. The number of hydrogen-bond donors (Lipinski definition) is 0. The highest BCUT2D eigenvalue weighted by molar-refractivity contribution is 7.99. The van der Waals surface area contributed by atoms with Crippen molar-refractivity contribution in [2.75, 3.05) is 39.6 Å². The zero-order chi connectivity index (χ0) is 33.4. The molecule has 1 aliphatic rings. The van der Waals surface area contributed by atoms with Crippen LogP contribution in [0.2, 0.25) is 0 Å². The van der Waals surface area contributed by atoms with Gasteiger partial charge in [0.25, 0.3) is 0 Å². The summed E-state index contributed by atoms with van der Waals surface area (Å²) in [5, 5.41) is 9.61. The Hall–Kier alpha value is -3.53. The van der Waals surface area contributed by atoms with Gasteiger partial charge in [0.1, 0.15) is 11.5 Å². The third-order valence-electron chi connectivity index (χ3n) is 8.91. The minimum Gasteiger partial charge on any atom is -0.497 e. The van der Waals surface area contributed by atoms with Crippen LogP contribution in [0.15, 0.2) is 53.7 Å². The molecule has 1 unspecified atom stereocenters. The van der Waals surface area contributed by atoms with E-state index in [1.165, 1.54) is 69.5 Å². The second-order valence-electron chi connectivity index (χ2n) is 12.4. The van der Waals surface area contributed by atoms with Crippen LogP contribution in [0.25, 0.3) is 17.1 Å². The van der Waals surface area contributed by atoms with Crippen LogP contribution < -0.4 is 9.47 Å². The molecule has 0 N–H and O–H groups in total. The summed E-state index contributed by atoms with van der Waals surface area (Å²) in [6.07, 6.45) is 14.6. The lowest BCUT2D eigenvalue weighted by Crippen LogP contribution is -2.55. The summed E-state index contributed by atoms with van der Waals surface area (Å²) in [5.74, 6) is 2.61. The number of benzene rings is 2. The monoisotopic (exact) mass is 663 g/mol. The first kappa shape index (κ1) is 36.3. The molecular weight excluding hydrogens is 611 g/mol. The van der Waals surface area contributed by atoms with Crippen molar-refractivity contribution >= 4 is 23.6 Å². The van der Waals surface area contributed by atoms with E-state index in [1.54, 1.807) is 14.2 Å². The molecule has 1 fully saturated rings. The van der Waals surface area contributed by atoms with Crippen molar-refractivity contribution in [2.45, 2.75) is 102 Å². The number of carbonyl (C=O) groups is 2. The molecule has 47 heavy (non-hydrogen) atoms. The van der Waals surface area contributed by atoms with E-state index in [9.17, 15) is 9.59 Å². The summed E-state index contributed by atoms with van der Waals surface area (Å²) in [7, 11) is 3.27. The molecule has 1 aliphatic heterocycles. The normalized spacial score (nSPS) is 14.8. The van der Waals surface area contributed by atoms with Gasteiger partial charge in [-0.05, 0) is 49.7 Å². The SMILES string of the molecule is CCCCCCCCCCCCCC(=O)N1CCN(C(=O)CSc2nnc(-c3cccc(OC)c3)n2-c2ccc(OC)cc2)CC1C. The predicted molar refractivity (Wildman–Crippen MR) is 189 cm³/mol. The second-order valence-corrected chi connectivity index (χ2v) is 13.4. The zero-order valence-corrected chi connectivity index (χ0v) is 29.6. The first-order valence-corrected chi connectivity index (χ1v) is 18.4. The second kappa shape index (κ2) is 19.3. The maximum atomic E-state index is 13.4. The van der Waals surface area contributed by atoms with E-state index in [-0.39, 0.29) is 23.6 Å². The predicted octanol–water partition coefficient (Wildman–Crippen LogP) is 7.80. The molecule has 10 heteroatoms. The first-order chi connectivity index (χ1) is 22.9. The summed E-state index contributed by atoms with van der Waals surface area (Å²) < 4.78 is 12.7. The topological polar surface area (TPSA) is 89.8 Å². The summed E-state index contributed by atoms with van der Waals surface area (Å²) in [6, 6.07) is 15.4. The maximum absolute atomic E-state index is 13.4. The van der Waals surface area contributed by atoms with Gasteiger partial charge in [0.2, 0.25) is 11.8 Å². The average Bonchev–Trinajstić information content (AvgIpc) is 3.53. The van der Waals surface area contributed by atoms with Crippen LogP contribution in [0.1, 0.15) is 90.9 Å². The van der Waals surface area contributed by atoms with E-state index in [2.05, 4.69) is 17.1 Å². The minimum absolute atomic E-state index is 0.000485. The van der Waals surface area contributed by atoms with Crippen LogP contribution in [-0.4, -0.2) is 82.0 Å². The highest BCUT2D eigenvalue weighted by Crippen LogP contribution is 2.31. The van der Waals surface area contributed by atoms with Gasteiger partial charge >= 0.3 is 0 Å². The molecule has 0 radical (unpaired) electrons. The molecule has 0 saturated carbocycles. The fraction of sp³-hybridized carbons (Fsp3) is 0.568. The highest BCUT2D eigenvalue weighted by Gasteiger charge is 2.30. The van der Waals surface area contributed by atoms with Gasteiger partial charge in [0.05, 0.1) is 20.0 Å². The van der Waals surface area contributed by atoms with Crippen LogP contribution in [0.3, 0.4) is 0 Å². The number of carbonyl (C=O) groups excluding carboxylic acids is 2. The third kappa shape index (κ3) is 10.7. The molecule has 3 aromatic rings. The van der Waals surface area contributed by atoms with E-state index >= 15 is 0 Å². The Morgan fingerprint density at radius 2 is 1.47 bits per heavy atom. The van der Waals surface area contributed by atoms with Crippen molar-refractivity contribution < 1.29 is 19.1 Å². The van der Waals surface area contributed by atoms with E-state index in [4.69, 9.17) is 9.47 Å². The number of nitrogens with zero attached hydrogens (tertiary/aromatic N) is 5. The molecule has 256 valence electrons. The van der Waals surface area contributed by atoms with E-state index in [0.29, 0.717) is 37.0 Å². The molecule has 0 aliphatic carbocycles. The van der Waals surface area contributed by atoms with Gasteiger partial charge in [-0.3, -0.25) is 14.2 Å². The smallest absolute Gasteiger partial charge is 0.233 e. The summed E-state index contributed by atoms with van der Waals surface area (Å²) >= 11 is 1.37. The molecule has 2 amide bonds. The van der Waals surface area contributed by atoms with Crippen LogP contribution >= 0.6 is 11.8 Å². The Balaban J connectivity index is 1.26. The molecule has 1 atom stereocenters. The zero-order valence-electron chi connectivity index (χ0n) is 28.8. The van der Waals surface area contributed by atoms with Gasteiger partial charge in [-0.2, -0.15) is 0 Å². The van der Waals surface area contributed by atoms with Gasteiger partial charge in [-0.15, -0.1) is 10.2 Å². The van der Waals surface area contributed by atoms with Gasteiger partial charge in [-0.25, -0.2) is 0 Å². The fourth-order valence-electron chi connectivity index (χ4n) is 6.13. The first-order valence-electron chi connectivity index (χ1n) is 17.4. The van der Waals surface area contributed by atoms with E-state index < -0.39 is 0 Å². The van der Waals surface area contributed by atoms with Crippen molar-refractivity contribution in [1.82, 2.24) is 24.6 Å². The Kier molecular flexibility index (Phi) is 14.9. The van der Waals surface area contributed by atoms with Crippen LogP contribution in [0.4, 0.5) is 0 Å². The Labute approximate surface area is 285 Å². The van der Waals surface area contributed by atoms with Crippen molar-refractivity contribution in [3.63, 3.8) is 0 Å². The van der Waals surface area contributed by atoms with Crippen molar-refractivity contribution in [1.29, 1.82) is 0 Å².